The summed E-state index contributed by atoms with van der Waals surface area (Å²) in [6, 6.07) is 1.36. The van der Waals surface area contributed by atoms with Crippen LogP contribution in [0.4, 0.5) is 8.78 Å². The number of esters is 1. The molecule has 0 aromatic heterocycles. The zero-order chi connectivity index (χ0) is 16.3. The summed E-state index contributed by atoms with van der Waals surface area (Å²) in [5.74, 6) is -3.04. The fraction of sp³-hybridized carbons (Fsp3) is 0.467. The van der Waals surface area contributed by atoms with Crippen LogP contribution in [-0.2, 0) is 9.53 Å². The molecule has 2 rings (SSSR count). The van der Waals surface area contributed by atoms with Gasteiger partial charge in [0.05, 0.1) is 10.6 Å². The van der Waals surface area contributed by atoms with Crippen LogP contribution in [0, 0.1) is 17.6 Å². The highest BCUT2D eigenvalue weighted by Gasteiger charge is 2.22. The lowest BCUT2D eigenvalue weighted by Gasteiger charge is -2.30. The molecule has 7 heteroatoms. The molecule has 1 aliphatic heterocycles. The second-order valence-corrected chi connectivity index (χ2v) is 5.79. The van der Waals surface area contributed by atoms with Crippen LogP contribution in [0.2, 0.25) is 5.02 Å². The molecular formula is C15H16ClF2NO3. The number of rotatable bonds is 3. The van der Waals surface area contributed by atoms with Gasteiger partial charge < -0.3 is 9.64 Å². The summed E-state index contributed by atoms with van der Waals surface area (Å²) in [7, 11) is 0. The van der Waals surface area contributed by atoms with Crippen molar-refractivity contribution in [3.63, 3.8) is 0 Å². The predicted octanol–water partition coefficient (Wildman–Crippen LogP) is 3.03. The molecule has 4 nitrogen and oxygen atoms in total. The molecule has 1 heterocycles. The Balaban J connectivity index is 1.93. The third-order valence-corrected chi connectivity index (χ3v) is 4.01. The van der Waals surface area contributed by atoms with Crippen molar-refractivity contribution in [1.29, 1.82) is 0 Å². The van der Waals surface area contributed by atoms with Gasteiger partial charge in [-0.3, -0.25) is 4.79 Å². The quantitative estimate of drug-likeness (QED) is 0.632. The Hall–Kier alpha value is -1.69. The predicted molar refractivity (Wildman–Crippen MR) is 76.6 cm³/mol. The molecular weight excluding hydrogens is 316 g/mol. The maximum Gasteiger partial charge on any atom is 0.340 e. The maximum atomic E-state index is 13.1. The third kappa shape index (κ3) is 3.94. The number of carbonyl (C=O) groups excluding carboxylic acids is 2. The van der Waals surface area contributed by atoms with Crippen LogP contribution in [0.25, 0.3) is 0 Å². The summed E-state index contributed by atoms with van der Waals surface area (Å²) in [4.78, 5) is 25.4. The first-order chi connectivity index (χ1) is 10.4. The molecule has 0 spiro atoms. The van der Waals surface area contributed by atoms with Crippen molar-refractivity contribution in [2.75, 3.05) is 19.7 Å². The Bertz CT molecular complexity index is 586. The van der Waals surface area contributed by atoms with Gasteiger partial charge in [0.1, 0.15) is 0 Å². The molecule has 1 amide bonds. The standard InChI is InChI=1S/C15H16ClF2NO3/c1-9-2-4-19(5-3-9)14(20)8-22-15(21)10-6-12(17)13(18)7-11(10)16/h6-7,9H,2-5,8H2,1H3. The molecule has 120 valence electrons. The van der Waals surface area contributed by atoms with Gasteiger partial charge in [-0.2, -0.15) is 0 Å². The van der Waals surface area contributed by atoms with Crippen LogP contribution in [0.3, 0.4) is 0 Å². The molecule has 1 aromatic carbocycles. The highest BCUT2D eigenvalue weighted by molar-refractivity contribution is 6.33. The van der Waals surface area contributed by atoms with Crippen molar-refractivity contribution in [1.82, 2.24) is 4.90 Å². The molecule has 0 atom stereocenters. The molecule has 0 aliphatic carbocycles. The van der Waals surface area contributed by atoms with Crippen LogP contribution in [0.5, 0.6) is 0 Å². The van der Waals surface area contributed by atoms with Gasteiger partial charge in [-0.15, -0.1) is 0 Å². The number of benzene rings is 1. The number of hydrogen-bond donors (Lipinski definition) is 0. The van der Waals surface area contributed by atoms with E-state index in [-0.39, 0.29) is 16.5 Å². The highest BCUT2D eigenvalue weighted by Crippen LogP contribution is 2.21. The Kier molecular flexibility index (Phi) is 5.34. The number of nitrogens with zero attached hydrogens (tertiary/aromatic N) is 1. The zero-order valence-electron chi connectivity index (χ0n) is 12.1. The van der Waals surface area contributed by atoms with Crippen molar-refractivity contribution < 1.29 is 23.1 Å². The molecule has 0 unspecified atom stereocenters. The normalized spacial score (nSPS) is 15.7. The van der Waals surface area contributed by atoms with Gasteiger partial charge in [0.2, 0.25) is 0 Å². The summed E-state index contributed by atoms with van der Waals surface area (Å²) in [6.45, 7) is 2.93. The van der Waals surface area contributed by atoms with Crippen molar-refractivity contribution in [3.05, 3.63) is 34.4 Å². The Morgan fingerprint density at radius 1 is 1.27 bits per heavy atom. The van der Waals surface area contributed by atoms with Crippen molar-refractivity contribution in [2.24, 2.45) is 5.92 Å². The van der Waals surface area contributed by atoms with Crippen LogP contribution < -0.4 is 0 Å². The number of hydrogen-bond acceptors (Lipinski definition) is 3. The minimum absolute atomic E-state index is 0.261. The van der Waals surface area contributed by atoms with Gasteiger partial charge in [0, 0.05) is 13.1 Å². The second kappa shape index (κ2) is 7.05. The fourth-order valence-corrected chi connectivity index (χ4v) is 2.46. The number of ether oxygens (including phenoxy) is 1. The number of amides is 1. The molecule has 0 radical (unpaired) electrons. The van der Waals surface area contributed by atoms with E-state index in [2.05, 4.69) is 6.92 Å². The number of carbonyl (C=O) groups is 2. The molecule has 0 saturated carbocycles. The van der Waals surface area contributed by atoms with Crippen molar-refractivity contribution in [2.45, 2.75) is 19.8 Å². The van der Waals surface area contributed by atoms with Gasteiger partial charge in [-0.05, 0) is 30.9 Å². The van der Waals surface area contributed by atoms with Crippen molar-refractivity contribution >= 4 is 23.5 Å². The molecule has 1 aromatic rings. The van der Waals surface area contributed by atoms with Crippen LogP contribution in [0.1, 0.15) is 30.1 Å². The third-order valence-electron chi connectivity index (χ3n) is 3.69. The summed E-state index contributed by atoms with van der Waals surface area (Å²) >= 11 is 5.67. The monoisotopic (exact) mass is 331 g/mol. The van der Waals surface area contributed by atoms with Crippen LogP contribution in [-0.4, -0.2) is 36.5 Å². The lowest BCUT2D eigenvalue weighted by atomic mass is 9.99. The van der Waals surface area contributed by atoms with E-state index < -0.39 is 24.2 Å². The van der Waals surface area contributed by atoms with E-state index in [9.17, 15) is 18.4 Å². The molecule has 1 aliphatic rings. The maximum absolute atomic E-state index is 13.1. The molecule has 1 saturated heterocycles. The number of piperidine rings is 1. The molecule has 0 bridgehead atoms. The Morgan fingerprint density at radius 3 is 2.50 bits per heavy atom. The SMILES string of the molecule is CC1CCN(C(=O)COC(=O)c2cc(F)c(F)cc2Cl)CC1. The van der Waals surface area contributed by atoms with E-state index in [1.807, 2.05) is 0 Å². The van der Waals surface area contributed by atoms with Gasteiger partial charge in [0.15, 0.2) is 18.2 Å². The summed E-state index contributed by atoms with van der Waals surface area (Å²) in [5.41, 5.74) is -0.305. The van der Waals surface area contributed by atoms with E-state index in [0.29, 0.717) is 31.1 Å². The van der Waals surface area contributed by atoms with Crippen molar-refractivity contribution in [3.8, 4) is 0 Å². The zero-order valence-corrected chi connectivity index (χ0v) is 12.8. The first-order valence-corrected chi connectivity index (χ1v) is 7.35. The molecule has 1 fully saturated rings. The Morgan fingerprint density at radius 2 is 1.86 bits per heavy atom. The summed E-state index contributed by atoms with van der Waals surface area (Å²) in [5, 5.41) is -0.261. The van der Waals surface area contributed by atoms with Gasteiger partial charge in [0.25, 0.3) is 5.91 Å². The van der Waals surface area contributed by atoms with Crippen LogP contribution in [0.15, 0.2) is 12.1 Å². The first kappa shape index (κ1) is 16.7. The van der Waals surface area contributed by atoms with Gasteiger partial charge in [-0.25, -0.2) is 13.6 Å². The van der Waals surface area contributed by atoms with Gasteiger partial charge >= 0.3 is 5.97 Å². The second-order valence-electron chi connectivity index (χ2n) is 5.39. The van der Waals surface area contributed by atoms with E-state index in [1.54, 1.807) is 4.90 Å². The first-order valence-electron chi connectivity index (χ1n) is 6.98. The smallest absolute Gasteiger partial charge is 0.340 e. The highest BCUT2D eigenvalue weighted by atomic mass is 35.5. The number of likely N-dealkylation sites (tertiary alicyclic amines) is 1. The largest absolute Gasteiger partial charge is 0.452 e. The number of halogens is 3. The molecule has 0 N–H and O–H groups in total. The van der Waals surface area contributed by atoms with Crippen LogP contribution >= 0.6 is 11.6 Å². The van der Waals surface area contributed by atoms with E-state index in [1.165, 1.54) is 0 Å². The average molecular weight is 332 g/mol. The average Bonchev–Trinajstić information content (AvgIpc) is 2.49. The minimum atomic E-state index is -1.20. The fourth-order valence-electron chi connectivity index (χ4n) is 2.23. The molecule has 22 heavy (non-hydrogen) atoms. The van der Waals surface area contributed by atoms with E-state index >= 15 is 0 Å². The summed E-state index contributed by atoms with van der Waals surface area (Å²) in [6.07, 6.45) is 1.82. The lowest BCUT2D eigenvalue weighted by molar-refractivity contribution is -0.135. The summed E-state index contributed by atoms with van der Waals surface area (Å²) < 4.78 is 30.9. The van der Waals surface area contributed by atoms with E-state index in [0.717, 1.165) is 12.8 Å². The Labute approximate surface area is 132 Å². The minimum Gasteiger partial charge on any atom is -0.452 e. The lowest BCUT2D eigenvalue weighted by Crippen LogP contribution is -2.40. The topological polar surface area (TPSA) is 46.6 Å². The van der Waals surface area contributed by atoms with Gasteiger partial charge in [-0.1, -0.05) is 18.5 Å². The van der Waals surface area contributed by atoms with E-state index in [4.69, 9.17) is 16.3 Å².